The number of Topliss-reactive ketones (excluding diaryl/α,β-unsaturated/α-hetero) is 1. The van der Waals surface area contributed by atoms with Gasteiger partial charge in [0.05, 0.1) is 13.2 Å². The maximum absolute atomic E-state index is 11.6. The molecule has 70 valence electrons. The third kappa shape index (κ3) is 1.67. The number of carbonyl (C=O) groups is 1. The molecule has 3 nitrogen and oxygen atoms in total. The Hall–Kier alpha value is -0.410. The molecule has 0 saturated carbocycles. The van der Waals surface area contributed by atoms with Crippen molar-refractivity contribution in [2.24, 2.45) is 5.92 Å². The monoisotopic (exact) mass is 172 g/mol. The van der Waals surface area contributed by atoms with Gasteiger partial charge in [0.2, 0.25) is 5.79 Å². The molecule has 1 aliphatic heterocycles. The zero-order valence-electron chi connectivity index (χ0n) is 7.92. The summed E-state index contributed by atoms with van der Waals surface area (Å²) >= 11 is 0. The van der Waals surface area contributed by atoms with Crippen molar-refractivity contribution in [2.75, 3.05) is 13.2 Å². The Labute approximate surface area is 73.0 Å². The van der Waals surface area contributed by atoms with Crippen LogP contribution in [0.3, 0.4) is 0 Å². The van der Waals surface area contributed by atoms with Crippen molar-refractivity contribution in [1.82, 2.24) is 0 Å². The van der Waals surface area contributed by atoms with Gasteiger partial charge in [-0.2, -0.15) is 0 Å². The maximum atomic E-state index is 11.6. The van der Waals surface area contributed by atoms with E-state index in [1.807, 2.05) is 13.8 Å². The zero-order valence-corrected chi connectivity index (χ0v) is 7.92. The van der Waals surface area contributed by atoms with Gasteiger partial charge in [0.15, 0.2) is 5.78 Å². The summed E-state index contributed by atoms with van der Waals surface area (Å²) in [7, 11) is 0. The summed E-state index contributed by atoms with van der Waals surface area (Å²) in [5.41, 5.74) is 0. The van der Waals surface area contributed by atoms with Crippen LogP contribution in [0.15, 0.2) is 0 Å². The third-order valence-corrected chi connectivity index (χ3v) is 2.35. The lowest BCUT2D eigenvalue weighted by atomic mass is 9.98. The van der Waals surface area contributed by atoms with Crippen molar-refractivity contribution in [3.05, 3.63) is 0 Å². The van der Waals surface area contributed by atoms with Crippen LogP contribution in [0.5, 0.6) is 0 Å². The smallest absolute Gasteiger partial charge is 0.226 e. The van der Waals surface area contributed by atoms with Crippen LogP contribution < -0.4 is 0 Å². The highest BCUT2D eigenvalue weighted by Gasteiger charge is 2.40. The van der Waals surface area contributed by atoms with E-state index >= 15 is 0 Å². The maximum Gasteiger partial charge on any atom is 0.226 e. The lowest BCUT2D eigenvalue weighted by molar-refractivity contribution is -0.177. The zero-order chi connectivity index (χ0) is 9.19. The number of hydrogen-bond acceptors (Lipinski definition) is 3. The number of hydrogen-bond donors (Lipinski definition) is 0. The summed E-state index contributed by atoms with van der Waals surface area (Å²) in [5.74, 6) is -0.884. The number of rotatable bonds is 3. The molecule has 1 atom stereocenters. The van der Waals surface area contributed by atoms with Gasteiger partial charge in [0.1, 0.15) is 0 Å². The van der Waals surface area contributed by atoms with E-state index in [-0.39, 0.29) is 11.7 Å². The van der Waals surface area contributed by atoms with Crippen LogP contribution in [0.2, 0.25) is 0 Å². The van der Waals surface area contributed by atoms with E-state index in [9.17, 15) is 4.79 Å². The first-order valence-corrected chi connectivity index (χ1v) is 4.42. The highest BCUT2D eigenvalue weighted by Crippen LogP contribution is 2.24. The second-order valence-electron chi connectivity index (χ2n) is 3.32. The molecule has 0 aliphatic carbocycles. The lowest BCUT2D eigenvalue weighted by Gasteiger charge is -2.23. The quantitative estimate of drug-likeness (QED) is 0.645. The highest BCUT2D eigenvalue weighted by atomic mass is 16.7. The van der Waals surface area contributed by atoms with Gasteiger partial charge in [-0.15, -0.1) is 0 Å². The normalized spacial score (nSPS) is 23.9. The van der Waals surface area contributed by atoms with Gasteiger partial charge >= 0.3 is 0 Å². The summed E-state index contributed by atoms with van der Waals surface area (Å²) in [6, 6.07) is 0. The van der Waals surface area contributed by atoms with Gasteiger partial charge in [-0.25, -0.2) is 0 Å². The molecule has 0 spiro atoms. The fourth-order valence-electron chi connectivity index (χ4n) is 1.29. The summed E-state index contributed by atoms with van der Waals surface area (Å²) in [5, 5.41) is 0. The van der Waals surface area contributed by atoms with E-state index in [1.54, 1.807) is 6.92 Å². The van der Waals surface area contributed by atoms with Crippen molar-refractivity contribution in [3.8, 4) is 0 Å². The standard InChI is InChI=1S/C9H16O3/c1-4-7(2)8(10)9(3)11-5-6-12-9/h7H,4-6H2,1-3H3. The fourth-order valence-corrected chi connectivity index (χ4v) is 1.29. The van der Waals surface area contributed by atoms with Gasteiger partial charge in [0, 0.05) is 5.92 Å². The minimum atomic E-state index is -0.963. The van der Waals surface area contributed by atoms with Crippen molar-refractivity contribution in [1.29, 1.82) is 0 Å². The van der Waals surface area contributed by atoms with Gasteiger partial charge in [0.25, 0.3) is 0 Å². The Bertz CT molecular complexity index is 171. The van der Waals surface area contributed by atoms with E-state index in [2.05, 4.69) is 0 Å². The van der Waals surface area contributed by atoms with E-state index in [0.717, 1.165) is 6.42 Å². The molecule has 0 aromatic carbocycles. The van der Waals surface area contributed by atoms with Crippen LogP contribution in [-0.2, 0) is 14.3 Å². The van der Waals surface area contributed by atoms with Gasteiger partial charge in [-0.1, -0.05) is 13.8 Å². The van der Waals surface area contributed by atoms with Gasteiger partial charge < -0.3 is 9.47 Å². The van der Waals surface area contributed by atoms with Crippen LogP contribution in [0.4, 0.5) is 0 Å². The largest absolute Gasteiger partial charge is 0.341 e. The highest BCUT2D eigenvalue weighted by molar-refractivity contribution is 5.87. The van der Waals surface area contributed by atoms with Gasteiger partial charge in [-0.05, 0) is 13.3 Å². The molecule has 0 bridgehead atoms. The van der Waals surface area contributed by atoms with Crippen molar-refractivity contribution >= 4 is 5.78 Å². The second kappa shape index (κ2) is 3.54. The summed E-state index contributed by atoms with van der Waals surface area (Å²) in [6.45, 7) is 6.64. The number of carbonyl (C=O) groups excluding carboxylic acids is 1. The number of ether oxygens (including phenoxy) is 2. The van der Waals surface area contributed by atoms with Crippen LogP contribution in [0, 0.1) is 5.92 Å². The molecule has 3 heteroatoms. The molecule has 1 fully saturated rings. The molecular formula is C9H16O3. The van der Waals surface area contributed by atoms with Crippen molar-refractivity contribution < 1.29 is 14.3 Å². The topological polar surface area (TPSA) is 35.5 Å². The molecule has 0 radical (unpaired) electrons. The lowest BCUT2D eigenvalue weighted by Crippen LogP contribution is -2.39. The molecule has 1 heterocycles. The first-order valence-electron chi connectivity index (χ1n) is 4.42. The Kier molecular flexibility index (Phi) is 2.85. The molecule has 1 aliphatic rings. The summed E-state index contributed by atoms with van der Waals surface area (Å²) in [6.07, 6.45) is 0.834. The van der Waals surface area contributed by atoms with E-state index in [4.69, 9.17) is 9.47 Å². The van der Waals surface area contributed by atoms with Crippen molar-refractivity contribution in [2.45, 2.75) is 33.0 Å². The predicted molar refractivity (Wildman–Crippen MR) is 44.8 cm³/mol. The van der Waals surface area contributed by atoms with Gasteiger partial charge in [-0.3, -0.25) is 4.79 Å². The van der Waals surface area contributed by atoms with Crippen LogP contribution in [-0.4, -0.2) is 24.8 Å². The number of ketones is 1. The summed E-state index contributed by atoms with van der Waals surface area (Å²) in [4.78, 5) is 11.6. The average molecular weight is 172 g/mol. The molecular weight excluding hydrogens is 156 g/mol. The molecule has 1 saturated heterocycles. The van der Waals surface area contributed by atoms with E-state index in [1.165, 1.54) is 0 Å². The third-order valence-electron chi connectivity index (χ3n) is 2.35. The Morgan fingerprint density at radius 1 is 1.50 bits per heavy atom. The minimum absolute atomic E-state index is 0.0214. The van der Waals surface area contributed by atoms with Crippen LogP contribution >= 0.6 is 0 Å². The SMILES string of the molecule is CCC(C)C(=O)C1(C)OCCO1. The van der Waals surface area contributed by atoms with E-state index < -0.39 is 5.79 Å². The molecule has 0 aromatic heterocycles. The minimum Gasteiger partial charge on any atom is -0.341 e. The predicted octanol–water partition coefficient (Wildman–Crippen LogP) is 1.36. The molecule has 0 N–H and O–H groups in total. The Balaban J connectivity index is 2.61. The Morgan fingerprint density at radius 2 is 2.00 bits per heavy atom. The van der Waals surface area contributed by atoms with Crippen LogP contribution in [0.1, 0.15) is 27.2 Å². The average Bonchev–Trinajstić information content (AvgIpc) is 2.50. The Morgan fingerprint density at radius 3 is 2.42 bits per heavy atom. The summed E-state index contributed by atoms with van der Waals surface area (Å²) < 4.78 is 10.5. The first-order chi connectivity index (χ1) is 5.60. The molecule has 1 unspecified atom stereocenters. The first kappa shape index (κ1) is 9.68. The molecule has 0 aromatic rings. The van der Waals surface area contributed by atoms with Crippen molar-refractivity contribution in [3.63, 3.8) is 0 Å². The van der Waals surface area contributed by atoms with E-state index in [0.29, 0.717) is 13.2 Å². The molecule has 0 amide bonds. The second-order valence-corrected chi connectivity index (χ2v) is 3.32. The van der Waals surface area contributed by atoms with Crippen LogP contribution in [0.25, 0.3) is 0 Å². The molecule has 1 rings (SSSR count). The molecule has 12 heavy (non-hydrogen) atoms. The fraction of sp³-hybridized carbons (Fsp3) is 0.889.